The summed E-state index contributed by atoms with van der Waals surface area (Å²) < 4.78 is 27.2. The number of piperazine rings is 1. The summed E-state index contributed by atoms with van der Waals surface area (Å²) in [5.74, 6) is -0.207. The van der Waals surface area contributed by atoms with E-state index < -0.39 is 10.0 Å². The molecule has 0 atom stereocenters. The highest BCUT2D eigenvalue weighted by molar-refractivity contribution is 7.89. The summed E-state index contributed by atoms with van der Waals surface area (Å²) in [6.07, 6.45) is 0. The van der Waals surface area contributed by atoms with Crippen molar-refractivity contribution >= 4 is 50.5 Å². The first-order valence-electron chi connectivity index (χ1n) is 8.36. The van der Waals surface area contributed by atoms with Gasteiger partial charge in [-0.25, -0.2) is 8.42 Å². The van der Waals surface area contributed by atoms with Gasteiger partial charge in [-0.15, -0.1) is 0 Å². The number of nitrogens with zero attached hydrogens (tertiary/aromatic N) is 2. The van der Waals surface area contributed by atoms with Crippen LogP contribution in [0.25, 0.3) is 0 Å². The quantitative estimate of drug-likeness (QED) is 0.810. The number of carbonyl (C=O) groups excluding carboxylic acids is 1. The zero-order valence-corrected chi connectivity index (χ0v) is 17.0. The van der Waals surface area contributed by atoms with Gasteiger partial charge in [0, 0.05) is 38.8 Å². The molecular weight excluding hydrogens is 409 g/mol. The lowest BCUT2D eigenvalue weighted by Crippen LogP contribution is -2.48. The summed E-state index contributed by atoms with van der Waals surface area (Å²) in [6.45, 7) is 3.13. The van der Waals surface area contributed by atoms with Crippen molar-refractivity contribution < 1.29 is 13.2 Å². The van der Waals surface area contributed by atoms with Gasteiger partial charge in [0.1, 0.15) is 0 Å². The number of halogens is 2. The van der Waals surface area contributed by atoms with Crippen LogP contribution in [0, 0.1) is 0 Å². The summed E-state index contributed by atoms with van der Waals surface area (Å²) in [5, 5.41) is 3.57. The highest BCUT2D eigenvalue weighted by Gasteiger charge is 2.29. The van der Waals surface area contributed by atoms with E-state index in [0.29, 0.717) is 41.9 Å². The molecule has 27 heavy (non-hydrogen) atoms. The number of rotatable bonds is 4. The third-order valence-electron chi connectivity index (χ3n) is 4.32. The van der Waals surface area contributed by atoms with Crippen LogP contribution < -0.4 is 10.2 Å². The van der Waals surface area contributed by atoms with Gasteiger partial charge in [0.05, 0.1) is 20.6 Å². The van der Waals surface area contributed by atoms with Gasteiger partial charge in [-0.3, -0.25) is 4.79 Å². The van der Waals surface area contributed by atoms with Crippen LogP contribution in [-0.2, 0) is 14.8 Å². The Morgan fingerprint density at radius 2 is 1.63 bits per heavy atom. The van der Waals surface area contributed by atoms with Crippen LogP contribution >= 0.6 is 23.2 Å². The zero-order valence-electron chi connectivity index (χ0n) is 14.7. The van der Waals surface area contributed by atoms with Crippen LogP contribution in [0.5, 0.6) is 0 Å². The number of benzene rings is 2. The fourth-order valence-electron chi connectivity index (χ4n) is 2.97. The largest absolute Gasteiger partial charge is 0.368 e. The van der Waals surface area contributed by atoms with Crippen LogP contribution in [0.1, 0.15) is 6.92 Å². The van der Waals surface area contributed by atoms with E-state index in [1.807, 2.05) is 17.0 Å². The molecule has 0 spiro atoms. The minimum absolute atomic E-state index is 0.200. The van der Waals surface area contributed by atoms with Gasteiger partial charge in [0.2, 0.25) is 15.9 Å². The number of carbonyl (C=O) groups is 1. The Hall–Kier alpha value is -1.80. The molecule has 1 amide bonds. The molecule has 0 saturated carbocycles. The second kappa shape index (κ2) is 8.06. The monoisotopic (exact) mass is 427 g/mol. The second-order valence-corrected chi connectivity index (χ2v) is 8.89. The van der Waals surface area contributed by atoms with Crippen LogP contribution in [-0.4, -0.2) is 44.8 Å². The molecule has 144 valence electrons. The minimum Gasteiger partial charge on any atom is -0.368 e. The smallest absolute Gasteiger partial charge is 0.243 e. The maximum atomic E-state index is 12.9. The van der Waals surface area contributed by atoms with Gasteiger partial charge in [0.15, 0.2) is 0 Å². The second-order valence-electron chi connectivity index (χ2n) is 6.17. The van der Waals surface area contributed by atoms with Crippen molar-refractivity contribution in [1.29, 1.82) is 0 Å². The Labute approximate surface area is 168 Å². The van der Waals surface area contributed by atoms with Crippen LogP contribution in [0.4, 0.5) is 11.4 Å². The van der Waals surface area contributed by atoms with Gasteiger partial charge >= 0.3 is 0 Å². The van der Waals surface area contributed by atoms with Crippen molar-refractivity contribution in [2.75, 3.05) is 36.4 Å². The predicted octanol–water partition coefficient (Wildman–Crippen LogP) is 3.46. The number of nitrogens with one attached hydrogen (secondary N) is 1. The molecular formula is C18H19Cl2N3O3S. The molecule has 0 aliphatic carbocycles. The Kier molecular flexibility index (Phi) is 5.95. The Bertz CT molecular complexity index is 941. The normalized spacial score (nSPS) is 15.6. The summed E-state index contributed by atoms with van der Waals surface area (Å²) in [7, 11) is -3.60. The fourth-order valence-corrected chi connectivity index (χ4v) is 4.81. The van der Waals surface area contributed by atoms with Gasteiger partial charge < -0.3 is 10.2 Å². The minimum atomic E-state index is -3.60. The lowest BCUT2D eigenvalue weighted by Gasteiger charge is -2.35. The molecule has 1 N–H and O–H groups in total. The Morgan fingerprint density at radius 3 is 2.22 bits per heavy atom. The third kappa shape index (κ3) is 4.38. The van der Waals surface area contributed by atoms with E-state index in [2.05, 4.69) is 5.32 Å². The molecule has 2 aromatic rings. The average molecular weight is 428 g/mol. The number of amides is 1. The summed E-state index contributed by atoms with van der Waals surface area (Å²) in [6, 6.07) is 11.6. The molecule has 0 aromatic heterocycles. The summed E-state index contributed by atoms with van der Waals surface area (Å²) in [5.41, 5.74) is 1.36. The van der Waals surface area contributed by atoms with Crippen molar-refractivity contribution in [3.8, 4) is 0 Å². The van der Waals surface area contributed by atoms with E-state index in [0.717, 1.165) is 5.69 Å². The Morgan fingerprint density at radius 1 is 1.00 bits per heavy atom. The van der Waals surface area contributed by atoms with Gasteiger partial charge in [0.25, 0.3) is 0 Å². The fraction of sp³-hybridized carbons (Fsp3) is 0.278. The van der Waals surface area contributed by atoms with Crippen LogP contribution in [0.3, 0.4) is 0 Å². The molecule has 9 heteroatoms. The first kappa shape index (κ1) is 19.9. The first-order chi connectivity index (χ1) is 12.8. The number of sulfonamides is 1. The molecule has 0 radical (unpaired) electrons. The first-order valence-corrected chi connectivity index (χ1v) is 10.6. The van der Waals surface area contributed by atoms with E-state index in [1.165, 1.54) is 23.4 Å². The molecule has 2 aromatic carbocycles. The van der Waals surface area contributed by atoms with E-state index in [-0.39, 0.29) is 10.8 Å². The molecule has 1 saturated heterocycles. The summed E-state index contributed by atoms with van der Waals surface area (Å²) in [4.78, 5) is 13.3. The maximum absolute atomic E-state index is 12.9. The van der Waals surface area contributed by atoms with Crippen molar-refractivity contribution in [2.24, 2.45) is 0 Å². The topological polar surface area (TPSA) is 69.7 Å². The van der Waals surface area contributed by atoms with Crippen LogP contribution in [0.15, 0.2) is 47.4 Å². The Balaban J connectivity index is 1.71. The van der Waals surface area contributed by atoms with Crippen molar-refractivity contribution in [3.63, 3.8) is 0 Å². The van der Waals surface area contributed by atoms with Gasteiger partial charge in [-0.05, 0) is 36.4 Å². The number of hydrogen-bond acceptors (Lipinski definition) is 4. The predicted molar refractivity (Wildman–Crippen MR) is 108 cm³/mol. The van der Waals surface area contributed by atoms with E-state index >= 15 is 0 Å². The van der Waals surface area contributed by atoms with Crippen molar-refractivity contribution in [2.45, 2.75) is 11.8 Å². The van der Waals surface area contributed by atoms with Crippen molar-refractivity contribution in [3.05, 3.63) is 52.5 Å². The lowest BCUT2D eigenvalue weighted by atomic mass is 10.2. The molecule has 0 unspecified atom stereocenters. The molecule has 6 nitrogen and oxygen atoms in total. The molecule has 1 heterocycles. The molecule has 0 bridgehead atoms. The number of anilines is 2. The van der Waals surface area contributed by atoms with E-state index in [1.54, 1.807) is 18.2 Å². The van der Waals surface area contributed by atoms with E-state index in [9.17, 15) is 13.2 Å². The standard InChI is InChI=1S/C18H19Cl2N3O3S/c1-13(24)21-14-5-7-15(8-6-14)27(25,26)23-11-9-22(10-12-23)17-4-2-3-16(19)18(17)20/h2-8H,9-12H2,1H3,(H,21,24). The molecule has 1 fully saturated rings. The average Bonchev–Trinajstić information content (AvgIpc) is 2.64. The zero-order chi connectivity index (χ0) is 19.6. The SMILES string of the molecule is CC(=O)Nc1ccc(S(=O)(=O)N2CCN(c3cccc(Cl)c3Cl)CC2)cc1. The number of hydrogen-bond donors (Lipinski definition) is 1. The van der Waals surface area contributed by atoms with Gasteiger partial charge in [-0.1, -0.05) is 29.3 Å². The molecule has 3 rings (SSSR count). The highest BCUT2D eigenvalue weighted by atomic mass is 35.5. The highest BCUT2D eigenvalue weighted by Crippen LogP contribution is 2.33. The maximum Gasteiger partial charge on any atom is 0.243 e. The van der Waals surface area contributed by atoms with E-state index in [4.69, 9.17) is 23.2 Å². The van der Waals surface area contributed by atoms with Crippen LogP contribution in [0.2, 0.25) is 10.0 Å². The van der Waals surface area contributed by atoms with Gasteiger partial charge in [-0.2, -0.15) is 4.31 Å². The lowest BCUT2D eigenvalue weighted by molar-refractivity contribution is -0.114. The summed E-state index contributed by atoms with van der Waals surface area (Å²) >= 11 is 12.3. The molecule has 1 aliphatic rings. The van der Waals surface area contributed by atoms with Crippen molar-refractivity contribution in [1.82, 2.24) is 4.31 Å². The molecule has 1 aliphatic heterocycles. The third-order valence-corrected chi connectivity index (χ3v) is 7.04.